The zero-order valence-electron chi connectivity index (χ0n) is 12.3. The summed E-state index contributed by atoms with van der Waals surface area (Å²) in [5, 5.41) is 3.26. The highest BCUT2D eigenvalue weighted by molar-refractivity contribution is 5.50. The van der Waals surface area contributed by atoms with Crippen LogP contribution in [-0.4, -0.2) is 36.7 Å². The van der Waals surface area contributed by atoms with Crippen molar-refractivity contribution in [2.45, 2.75) is 27.4 Å². The van der Waals surface area contributed by atoms with E-state index in [0.29, 0.717) is 18.4 Å². The van der Waals surface area contributed by atoms with E-state index in [2.05, 4.69) is 41.0 Å². The van der Waals surface area contributed by atoms with Crippen molar-refractivity contribution in [2.24, 2.45) is 11.8 Å². The van der Waals surface area contributed by atoms with Crippen LogP contribution in [0.25, 0.3) is 0 Å². The van der Waals surface area contributed by atoms with Crippen molar-refractivity contribution < 1.29 is 4.74 Å². The molecule has 1 aromatic rings. The maximum absolute atomic E-state index is 5.15. The van der Waals surface area contributed by atoms with E-state index in [-0.39, 0.29) is 0 Å². The standard InChI is InChI=1S/C14H24N4O/c1-5-15-12-6-14(17-13(16-12)9-19-4)18-7-10(2)11(3)8-18/h6,10-11H,5,7-9H2,1-4H3,(H,15,16,17). The molecule has 0 saturated carbocycles. The summed E-state index contributed by atoms with van der Waals surface area (Å²) in [6.45, 7) is 10.1. The van der Waals surface area contributed by atoms with Crippen LogP contribution in [0.1, 0.15) is 26.6 Å². The summed E-state index contributed by atoms with van der Waals surface area (Å²) in [4.78, 5) is 11.4. The molecule has 2 rings (SSSR count). The molecule has 1 N–H and O–H groups in total. The number of rotatable bonds is 5. The molecule has 2 heterocycles. The molecule has 5 nitrogen and oxygen atoms in total. The average Bonchev–Trinajstić information content (AvgIpc) is 2.70. The second-order valence-corrected chi connectivity index (χ2v) is 5.35. The minimum atomic E-state index is 0.450. The van der Waals surface area contributed by atoms with Gasteiger partial charge >= 0.3 is 0 Å². The van der Waals surface area contributed by atoms with E-state index in [4.69, 9.17) is 4.74 Å². The van der Waals surface area contributed by atoms with Crippen LogP contribution < -0.4 is 10.2 Å². The Bertz CT molecular complexity index is 390. The number of anilines is 2. The van der Waals surface area contributed by atoms with E-state index in [1.165, 1.54) is 0 Å². The molecule has 19 heavy (non-hydrogen) atoms. The molecule has 0 radical (unpaired) electrons. The van der Waals surface area contributed by atoms with Crippen molar-refractivity contribution in [3.8, 4) is 0 Å². The van der Waals surface area contributed by atoms with E-state index in [1.54, 1.807) is 7.11 Å². The molecule has 1 aliphatic rings. The van der Waals surface area contributed by atoms with Crippen LogP contribution in [0.4, 0.5) is 11.6 Å². The Balaban J connectivity index is 2.23. The molecule has 2 unspecified atom stereocenters. The number of aromatic nitrogens is 2. The number of hydrogen-bond donors (Lipinski definition) is 1. The Morgan fingerprint density at radius 1 is 1.32 bits per heavy atom. The first-order chi connectivity index (χ1) is 9.13. The molecule has 1 aliphatic heterocycles. The summed E-state index contributed by atoms with van der Waals surface area (Å²) in [6, 6.07) is 2.04. The summed E-state index contributed by atoms with van der Waals surface area (Å²) >= 11 is 0. The van der Waals surface area contributed by atoms with E-state index < -0.39 is 0 Å². The van der Waals surface area contributed by atoms with Crippen LogP contribution in [0.3, 0.4) is 0 Å². The number of nitrogens with zero attached hydrogens (tertiary/aromatic N) is 3. The lowest BCUT2D eigenvalue weighted by molar-refractivity contribution is 0.178. The molecule has 0 spiro atoms. The molecule has 1 saturated heterocycles. The van der Waals surface area contributed by atoms with Crippen LogP contribution in [0, 0.1) is 11.8 Å². The second kappa shape index (κ2) is 6.19. The Labute approximate surface area is 115 Å². The van der Waals surface area contributed by atoms with Crippen molar-refractivity contribution in [1.82, 2.24) is 9.97 Å². The zero-order chi connectivity index (χ0) is 13.8. The molecule has 0 bridgehead atoms. The van der Waals surface area contributed by atoms with Gasteiger partial charge in [-0.3, -0.25) is 0 Å². The Hall–Kier alpha value is -1.36. The molecule has 2 atom stereocenters. The number of ether oxygens (including phenoxy) is 1. The maximum Gasteiger partial charge on any atom is 0.158 e. The predicted octanol–water partition coefficient (Wildman–Crippen LogP) is 2.15. The van der Waals surface area contributed by atoms with Gasteiger partial charge in [-0.2, -0.15) is 0 Å². The topological polar surface area (TPSA) is 50.3 Å². The van der Waals surface area contributed by atoms with Gasteiger partial charge in [0.25, 0.3) is 0 Å². The van der Waals surface area contributed by atoms with Gasteiger partial charge in [0, 0.05) is 32.8 Å². The smallest absolute Gasteiger partial charge is 0.158 e. The monoisotopic (exact) mass is 264 g/mol. The second-order valence-electron chi connectivity index (χ2n) is 5.35. The molecule has 5 heteroatoms. The maximum atomic E-state index is 5.15. The highest BCUT2D eigenvalue weighted by Crippen LogP contribution is 2.27. The predicted molar refractivity (Wildman–Crippen MR) is 77.4 cm³/mol. The lowest BCUT2D eigenvalue weighted by Crippen LogP contribution is -2.22. The molecule has 0 aromatic carbocycles. The van der Waals surface area contributed by atoms with Gasteiger partial charge in [0.1, 0.15) is 18.2 Å². The highest BCUT2D eigenvalue weighted by atomic mass is 16.5. The highest BCUT2D eigenvalue weighted by Gasteiger charge is 2.27. The largest absolute Gasteiger partial charge is 0.377 e. The van der Waals surface area contributed by atoms with Crippen molar-refractivity contribution in [3.05, 3.63) is 11.9 Å². The van der Waals surface area contributed by atoms with Crippen molar-refractivity contribution >= 4 is 11.6 Å². The van der Waals surface area contributed by atoms with E-state index in [9.17, 15) is 0 Å². The number of methoxy groups -OCH3 is 1. The van der Waals surface area contributed by atoms with Crippen LogP contribution in [0.5, 0.6) is 0 Å². The van der Waals surface area contributed by atoms with E-state index >= 15 is 0 Å². The van der Waals surface area contributed by atoms with Crippen LogP contribution in [0.15, 0.2) is 6.07 Å². The normalized spacial score (nSPS) is 22.8. The quantitative estimate of drug-likeness (QED) is 0.883. The summed E-state index contributed by atoms with van der Waals surface area (Å²) in [5.41, 5.74) is 0. The Morgan fingerprint density at radius 2 is 2.00 bits per heavy atom. The van der Waals surface area contributed by atoms with E-state index in [1.807, 2.05) is 6.07 Å². The fourth-order valence-electron chi connectivity index (χ4n) is 2.43. The average molecular weight is 264 g/mol. The first kappa shape index (κ1) is 14.1. The van der Waals surface area contributed by atoms with Crippen molar-refractivity contribution in [3.63, 3.8) is 0 Å². The SMILES string of the molecule is CCNc1cc(N2CC(C)C(C)C2)nc(COC)n1. The minimum Gasteiger partial charge on any atom is -0.377 e. The van der Waals surface area contributed by atoms with Gasteiger partial charge in [-0.25, -0.2) is 9.97 Å². The molecule has 0 aliphatic carbocycles. The molecule has 1 aromatic heterocycles. The molecular formula is C14H24N4O. The summed E-state index contributed by atoms with van der Waals surface area (Å²) in [6.07, 6.45) is 0. The molecule has 0 amide bonds. The van der Waals surface area contributed by atoms with Gasteiger partial charge in [0.2, 0.25) is 0 Å². The zero-order valence-corrected chi connectivity index (χ0v) is 12.3. The van der Waals surface area contributed by atoms with Gasteiger partial charge in [-0.1, -0.05) is 13.8 Å². The third kappa shape index (κ3) is 3.35. The van der Waals surface area contributed by atoms with Crippen LogP contribution >= 0.6 is 0 Å². The Kier molecular flexibility index (Phi) is 4.58. The van der Waals surface area contributed by atoms with E-state index in [0.717, 1.165) is 37.1 Å². The third-order valence-corrected chi connectivity index (χ3v) is 3.70. The van der Waals surface area contributed by atoms with Gasteiger partial charge < -0.3 is 15.0 Å². The lowest BCUT2D eigenvalue weighted by Gasteiger charge is -2.19. The third-order valence-electron chi connectivity index (χ3n) is 3.70. The summed E-state index contributed by atoms with van der Waals surface area (Å²) in [7, 11) is 1.67. The first-order valence-corrected chi connectivity index (χ1v) is 6.99. The van der Waals surface area contributed by atoms with Gasteiger partial charge in [-0.15, -0.1) is 0 Å². The lowest BCUT2D eigenvalue weighted by atomic mass is 10.0. The van der Waals surface area contributed by atoms with Crippen LogP contribution in [0.2, 0.25) is 0 Å². The van der Waals surface area contributed by atoms with Gasteiger partial charge in [0.15, 0.2) is 5.82 Å². The van der Waals surface area contributed by atoms with Crippen molar-refractivity contribution in [2.75, 3.05) is 37.0 Å². The van der Waals surface area contributed by atoms with Crippen LogP contribution in [-0.2, 0) is 11.3 Å². The Morgan fingerprint density at radius 3 is 2.58 bits per heavy atom. The molecular weight excluding hydrogens is 240 g/mol. The first-order valence-electron chi connectivity index (χ1n) is 6.99. The fourth-order valence-corrected chi connectivity index (χ4v) is 2.43. The summed E-state index contributed by atoms with van der Waals surface area (Å²) < 4.78 is 5.15. The summed E-state index contributed by atoms with van der Waals surface area (Å²) in [5.74, 6) is 4.05. The van der Waals surface area contributed by atoms with Gasteiger partial charge in [0.05, 0.1) is 0 Å². The van der Waals surface area contributed by atoms with Crippen molar-refractivity contribution in [1.29, 1.82) is 0 Å². The molecule has 1 fully saturated rings. The minimum absolute atomic E-state index is 0.450. The fraction of sp³-hybridized carbons (Fsp3) is 0.714. The van der Waals surface area contributed by atoms with Gasteiger partial charge in [-0.05, 0) is 18.8 Å². The molecule has 106 valence electrons. The number of nitrogens with one attached hydrogen (secondary N) is 1. The number of hydrogen-bond acceptors (Lipinski definition) is 5.